The Bertz CT molecular complexity index is 772. The Balaban J connectivity index is 1.78. The molecule has 0 amide bonds. The molecule has 5 aliphatic rings. The highest BCUT2D eigenvalue weighted by molar-refractivity contribution is 5.86. The van der Waals surface area contributed by atoms with Gasteiger partial charge in [-0.15, -0.1) is 0 Å². The zero-order valence-corrected chi connectivity index (χ0v) is 14.1. The SMILES string of the molecule is C=C1CC23C[C@]1(O)CC[C@H]2[C@]12C=C[C@H](O)[C@](C)(C(=O)O1)[C@H]2[C@@H]3C(=O)O. The molecule has 6 nitrogen and oxygen atoms in total. The van der Waals surface area contributed by atoms with Crippen LogP contribution in [0.15, 0.2) is 24.3 Å². The highest BCUT2D eigenvalue weighted by atomic mass is 16.6. The number of rotatable bonds is 1. The minimum atomic E-state index is -1.27. The van der Waals surface area contributed by atoms with Crippen molar-refractivity contribution in [3.8, 4) is 0 Å². The van der Waals surface area contributed by atoms with Gasteiger partial charge in [-0.05, 0) is 49.7 Å². The van der Waals surface area contributed by atoms with Gasteiger partial charge in [0.2, 0.25) is 0 Å². The van der Waals surface area contributed by atoms with E-state index in [4.69, 9.17) is 4.74 Å². The number of carboxylic acid groups (broad SMARTS) is 1. The molecule has 1 aliphatic heterocycles. The lowest BCUT2D eigenvalue weighted by atomic mass is 9.61. The van der Waals surface area contributed by atoms with E-state index < -0.39 is 51.9 Å². The number of fused-ring (bicyclic) bond motifs is 1. The normalized spacial score (nSPS) is 58.0. The van der Waals surface area contributed by atoms with Crippen molar-refractivity contribution in [1.82, 2.24) is 0 Å². The van der Waals surface area contributed by atoms with Crippen LogP contribution in [-0.4, -0.2) is 44.6 Å². The molecule has 0 aromatic heterocycles. The summed E-state index contributed by atoms with van der Waals surface area (Å²) in [6.45, 7) is 5.64. The molecule has 134 valence electrons. The van der Waals surface area contributed by atoms with E-state index >= 15 is 0 Å². The first kappa shape index (κ1) is 15.6. The lowest BCUT2D eigenvalue weighted by Crippen LogP contribution is -2.50. The van der Waals surface area contributed by atoms with Gasteiger partial charge in [0.15, 0.2) is 0 Å². The van der Waals surface area contributed by atoms with Gasteiger partial charge in [-0.1, -0.05) is 12.7 Å². The second-order valence-electron chi connectivity index (χ2n) is 8.94. The third-order valence-electron chi connectivity index (χ3n) is 8.12. The number of esters is 1. The largest absolute Gasteiger partial charge is 0.481 e. The fourth-order valence-electron chi connectivity index (χ4n) is 7.13. The standard InChI is InChI=1S/C19H22O6/c1-9-7-17-8-18(9,24)5-3-10(17)19-6-4-11(20)16(2,15(23)25-19)13(19)12(17)14(21)22/h4,6,10-13,20,24H,1,3,5,7-8H2,2H3,(H,21,22)/t10-,11+,12-,13-,16+,17?,18-,19+/m1/s1. The van der Waals surface area contributed by atoms with E-state index in [9.17, 15) is 24.9 Å². The number of carbonyl (C=O) groups excluding carboxylic acids is 1. The Morgan fingerprint density at radius 3 is 2.84 bits per heavy atom. The van der Waals surface area contributed by atoms with Gasteiger partial charge >= 0.3 is 11.9 Å². The molecule has 4 bridgehead atoms. The molecule has 0 aromatic carbocycles. The summed E-state index contributed by atoms with van der Waals surface area (Å²) in [5.74, 6) is -3.18. The first-order valence-electron chi connectivity index (χ1n) is 8.86. The van der Waals surface area contributed by atoms with Crippen LogP contribution in [0.3, 0.4) is 0 Å². The molecule has 3 saturated carbocycles. The number of aliphatic carboxylic acids is 1. The van der Waals surface area contributed by atoms with Crippen LogP contribution in [-0.2, 0) is 14.3 Å². The number of ether oxygens (including phenoxy) is 1. The lowest BCUT2D eigenvalue weighted by Gasteiger charge is -2.44. The number of aliphatic hydroxyl groups excluding tert-OH is 1. The summed E-state index contributed by atoms with van der Waals surface area (Å²) >= 11 is 0. The third-order valence-corrected chi connectivity index (χ3v) is 8.12. The summed E-state index contributed by atoms with van der Waals surface area (Å²) in [5.41, 5.74) is -3.29. The van der Waals surface area contributed by atoms with Gasteiger partial charge in [-0.3, -0.25) is 9.59 Å². The van der Waals surface area contributed by atoms with Gasteiger partial charge in [0, 0.05) is 11.8 Å². The Kier molecular flexibility index (Phi) is 2.50. The summed E-state index contributed by atoms with van der Waals surface area (Å²) in [7, 11) is 0. The van der Waals surface area contributed by atoms with E-state index in [1.807, 2.05) is 0 Å². The van der Waals surface area contributed by atoms with Crippen molar-refractivity contribution >= 4 is 11.9 Å². The predicted molar refractivity (Wildman–Crippen MR) is 85.2 cm³/mol. The van der Waals surface area contributed by atoms with Crippen molar-refractivity contribution in [3.63, 3.8) is 0 Å². The molecule has 5 rings (SSSR count). The summed E-state index contributed by atoms with van der Waals surface area (Å²) in [6, 6.07) is 0. The van der Waals surface area contributed by atoms with Crippen molar-refractivity contribution in [2.75, 3.05) is 0 Å². The molecule has 4 aliphatic carbocycles. The van der Waals surface area contributed by atoms with Crippen molar-refractivity contribution in [2.45, 2.75) is 49.9 Å². The van der Waals surface area contributed by atoms with E-state index in [-0.39, 0.29) is 5.92 Å². The average Bonchev–Trinajstić information content (AvgIpc) is 2.95. The summed E-state index contributed by atoms with van der Waals surface area (Å²) < 4.78 is 5.87. The molecule has 3 N–H and O–H groups in total. The number of aliphatic hydroxyl groups is 2. The van der Waals surface area contributed by atoms with E-state index in [1.165, 1.54) is 0 Å². The van der Waals surface area contributed by atoms with Crippen molar-refractivity contribution in [2.24, 2.45) is 28.6 Å². The summed E-state index contributed by atoms with van der Waals surface area (Å²) in [5, 5.41) is 31.6. The van der Waals surface area contributed by atoms with Crippen LogP contribution in [0.4, 0.5) is 0 Å². The zero-order valence-electron chi connectivity index (χ0n) is 14.1. The number of hydrogen-bond acceptors (Lipinski definition) is 5. The molecular formula is C19H22O6. The zero-order chi connectivity index (χ0) is 18.0. The third kappa shape index (κ3) is 1.36. The second-order valence-corrected chi connectivity index (χ2v) is 8.94. The Morgan fingerprint density at radius 1 is 1.44 bits per heavy atom. The van der Waals surface area contributed by atoms with Crippen molar-refractivity contribution in [3.05, 3.63) is 24.3 Å². The van der Waals surface area contributed by atoms with Crippen LogP contribution in [0.2, 0.25) is 0 Å². The predicted octanol–water partition coefficient (Wildman–Crippen LogP) is 1.03. The lowest BCUT2D eigenvalue weighted by molar-refractivity contribution is -0.163. The Morgan fingerprint density at radius 2 is 2.16 bits per heavy atom. The molecule has 0 aromatic rings. The maximum Gasteiger partial charge on any atom is 0.316 e. The van der Waals surface area contributed by atoms with E-state index in [0.29, 0.717) is 31.3 Å². The van der Waals surface area contributed by atoms with Gasteiger partial charge in [-0.2, -0.15) is 0 Å². The fraction of sp³-hybridized carbons (Fsp3) is 0.684. The first-order chi connectivity index (χ1) is 11.6. The highest BCUT2D eigenvalue weighted by Crippen LogP contribution is 2.77. The summed E-state index contributed by atoms with van der Waals surface area (Å²) in [6.07, 6.45) is 4.11. The summed E-state index contributed by atoms with van der Waals surface area (Å²) in [4.78, 5) is 25.1. The molecule has 4 fully saturated rings. The van der Waals surface area contributed by atoms with E-state index in [2.05, 4.69) is 6.58 Å². The van der Waals surface area contributed by atoms with Gasteiger partial charge in [0.1, 0.15) is 11.0 Å². The van der Waals surface area contributed by atoms with Gasteiger partial charge in [0.25, 0.3) is 0 Å². The van der Waals surface area contributed by atoms with Crippen LogP contribution >= 0.6 is 0 Å². The molecule has 25 heavy (non-hydrogen) atoms. The highest BCUT2D eigenvalue weighted by Gasteiger charge is 2.83. The fourth-order valence-corrected chi connectivity index (χ4v) is 7.13. The number of carboxylic acids is 1. The molecule has 6 heteroatoms. The molecule has 1 saturated heterocycles. The molecule has 1 heterocycles. The second kappa shape index (κ2) is 4.01. The van der Waals surface area contributed by atoms with Gasteiger partial charge < -0.3 is 20.1 Å². The molecular weight excluding hydrogens is 324 g/mol. The minimum Gasteiger partial charge on any atom is -0.481 e. The topological polar surface area (TPSA) is 104 Å². The van der Waals surface area contributed by atoms with Crippen LogP contribution < -0.4 is 0 Å². The quantitative estimate of drug-likeness (QED) is 0.484. The molecule has 1 spiro atoms. The smallest absolute Gasteiger partial charge is 0.316 e. The van der Waals surface area contributed by atoms with E-state index in [1.54, 1.807) is 19.1 Å². The monoisotopic (exact) mass is 346 g/mol. The van der Waals surface area contributed by atoms with Crippen LogP contribution in [0.5, 0.6) is 0 Å². The molecule has 8 atom stereocenters. The first-order valence-corrected chi connectivity index (χ1v) is 8.86. The van der Waals surface area contributed by atoms with Crippen LogP contribution in [0.1, 0.15) is 32.6 Å². The van der Waals surface area contributed by atoms with Crippen molar-refractivity contribution < 1.29 is 29.6 Å². The van der Waals surface area contributed by atoms with Crippen LogP contribution in [0.25, 0.3) is 0 Å². The van der Waals surface area contributed by atoms with Crippen molar-refractivity contribution in [1.29, 1.82) is 0 Å². The number of carbonyl (C=O) groups is 2. The molecule has 0 radical (unpaired) electrons. The van der Waals surface area contributed by atoms with Gasteiger partial charge in [0.05, 0.1) is 17.6 Å². The average molecular weight is 346 g/mol. The maximum atomic E-state index is 12.7. The number of hydrogen-bond donors (Lipinski definition) is 3. The van der Waals surface area contributed by atoms with E-state index in [0.717, 1.165) is 0 Å². The minimum absolute atomic E-state index is 0.180. The molecule has 1 unspecified atom stereocenters. The van der Waals surface area contributed by atoms with Gasteiger partial charge in [-0.25, -0.2) is 0 Å². The Labute approximate surface area is 145 Å². The Hall–Kier alpha value is -1.66. The maximum absolute atomic E-state index is 12.7. The van der Waals surface area contributed by atoms with Crippen LogP contribution in [0, 0.1) is 28.6 Å².